The van der Waals surface area contributed by atoms with Crippen LogP contribution in [0, 0.1) is 0 Å². The molecule has 0 radical (unpaired) electrons. The second kappa shape index (κ2) is 6.30. The van der Waals surface area contributed by atoms with Crippen LogP contribution >= 0.6 is 11.8 Å². The van der Waals surface area contributed by atoms with E-state index in [4.69, 9.17) is 0 Å². The van der Waals surface area contributed by atoms with E-state index in [-0.39, 0.29) is 5.91 Å². The second-order valence-electron chi connectivity index (χ2n) is 3.89. The first-order valence-electron chi connectivity index (χ1n) is 5.24. The number of carbonyl (C=O) groups excluding carboxylic acids is 1. The molecule has 1 saturated heterocycles. The highest BCUT2D eigenvalue weighted by Crippen LogP contribution is 2.08. The Morgan fingerprint density at radius 2 is 2.43 bits per heavy atom. The van der Waals surface area contributed by atoms with Crippen molar-refractivity contribution in [3.63, 3.8) is 0 Å². The van der Waals surface area contributed by atoms with Crippen LogP contribution in [0.4, 0.5) is 0 Å². The number of piperidine rings is 1. The van der Waals surface area contributed by atoms with Crippen LogP contribution in [0.2, 0.25) is 0 Å². The Kier molecular flexibility index (Phi) is 5.33. The zero-order valence-corrected chi connectivity index (χ0v) is 9.82. The molecule has 3 nitrogen and oxygen atoms in total. The van der Waals surface area contributed by atoms with Gasteiger partial charge in [-0.25, -0.2) is 0 Å². The van der Waals surface area contributed by atoms with Crippen molar-refractivity contribution in [2.24, 2.45) is 0 Å². The number of thioether (sulfide) groups is 1. The Morgan fingerprint density at radius 1 is 1.64 bits per heavy atom. The van der Waals surface area contributed by atoms with Crippen molar-refractivity contribution in [3.8, 4) is 0 Å². The molecule has 0 aromatic rings. The van der Waals surface area contributed by atoms with Crippen molar-refractivity contribution in [1.82, 2.24) is 10.6 Å². The van der Waals surface area contributed by atoms with Gasteiger partial charge < -0.3 is 10.6 Å². The third-order valence-corrected chi connectivity index (χ3v) is 3.13. The monoisotopic (exact) mass is 216 g/mol. The molecule has 1 fully saturated rings. The SMILES string of the molecule is CSCCC(=O)NC1CCNC(C)C1. The number of amides is 1. The molecule has 4 heteroatoms. The number of hydrogen-bond acceptors (Lipinski definition) is 3. The van der Waals surface area contributed by atoms with Crippen LogP contribution in [0.25, 0.3) is 0 Å². The van der Waals surface area contributed by atoms with Gasteiger partial charge in [0.05, 0.1) is 0 Å². The van der Waals surface area contributed by atoms with Gasteiger partial charge in [-0.15, -0.1) is 0 Å². The van der Waals surface area contributed by atoms with E-state index in [0.717, 1.165) is 25.1 Å². The first kappa shape index (κ1) is 11.9. The van der Waals surface area contributed by atoms with Gasteiger partial charge in [-0.05, 0) is 32.6 Å². The van der Waals surface area contributed by atoms with Crippen LogP contribution in [0.3, 0.4) is 0 Å². The Labute approximate surface area is 90.4 Å². The molecule has 1 aliphatic rings. The molecule has 82 valence electrons. The molecule has 0 aromatic heterocycles. The molecule has 2 unspecified atom stereocenters. The van der Waals surface area contributed by atoms with E-state index < -0.39 is 0 Å². The van der Waals surface area contributed by atoms with E-state index in [1.165, 1.54) is 0 Å². The molecule has 0 saturated carbocycles. The number of nitrogens with one attached hydrogen (secondary N) is 2. The van der Waals surface area contributed by atoms with Gasteiger partial charge in [0.15, 0.2) is 0 Å². The van der Waals surface area contributed by atoms with Gasteiger partial charge in [-0.3, -0.25) is 4.79 Å². The Balaban J connectivity index is 2.18. The lowest BCUT2D eigenvalue weighted by atomic mass is 10.0. The average Bonchev–Trinajstić information content (AvgIpc) is 2.15. The fourth-order valence-electron chi connectivity index (χ4n) is 1.76. The predicted octanol–water partition coefficient (Wildman–Crippen LogP) is 0.996. The summed E-state index contributed by atoms with van der Waals surface area (Å²) in [5, 5.41) is 6.46. The van der Waals surface area contributed by atoms with Crippen molar-refractivity contribution in [1.29, 1.82) is 0 Å². The van der Waals surface area contributed by atoms with E-state index in [9.17, 15) is 4.79 Å². The van der Waals surface area contributed by atoms with Gasteiger partial charge in [0.2, 0.25) is 5.91 Å². The molecule has 1 heterocycles. The number of rotatable bonds is 4. The van der Waals surface area contributed by atoms with Gasteiger partial charge >= 0.3 is 0 Å². The van der Waals surface area contributed by atoms with Crippen molar-refractivity contribution in [2.75, 3.05) is 18.6 Å². The average molecular weight is 216 g/mol. The smallest absolute Gasteiger partial charge is 0.221 e. The van der Waals surface area contributed by atoms with Gasteiger partial charge in [-0.2, -0.15) is 11.8 Å². The van der Waals surface area contributed by atoms with E-state index in [1.54, 1.807) is 11.8 Å². The largest absolute Gasteiger partial charge is 0.353 e. The molecule has 1 rings (SSSR count). The van der Waals surface area contributed by atoms with Gasteiger partial charge in [-0.1, -0.05) is 0 Å². The molecule has 1 aliphatic heterocycles. The van der Waals surface area contributed by atoms with E-state index >= 15 is 0 Å². The van der Waals surface area contributed by atoms with Gasteiger partial charge in [0.25, 0.3) is 0 Å². The molecule has 0 aromatic carbocycles. The zero-order chi connectivity index (χ0) is 10.4. The Morgan fingerprint density at radius 3 is 3.07 bits per heavy atom. The lowest BCUT2D eigenvalue weighted by Gasteiger charge is -2.28. The third kappa shape index (κ3) is 4.33. The molecular weight excluding hydrogens is 196 g/mol. The zero-order valence-electron chi connectivity index (χ0n) is 9.01. The normalized spacial score (nSPS) is 27.3. The fourth-order valence-corrected chi connectivity index (χ4v) is 2.15. The van der Waals surface area contributed by atoms with Crippen LogP contribution < -0.4 is 10.6 Å². The van der Waals surface area contributed by atoms with Crippen LogP contribution in [-0.4, -0.2) is 36.5 Å². The summed E-state index contributed by atoms with van der Waals surface area (Å²) in [6.45, 7) is 3.19. The quantitative estimate of drug-likeness (QED) is 0.736. The Bertz CT molecular complexity index is 187. The molecule has 0 bridgehead atoms. The van der Waals surface area contributed by atoms with Crippen LogP contribution in [0.1, 0.15) is 26.2 Å². The van der Waals surface area contributed by atoms with E-state index in [1.807, 2.05) is 6.26 Å². The summed E-state index contributed by atoms with van der Waals surface area (Å²) in [7, 11) is 0. The third-order valence-electron chi connectivity index (χ3n) is 2.52. The maximum atomic E-state index is 11.4. The molecule has 2 N–H and O–H groups in total. The summed E-state index contributed by atoms with van der Waals surface area (Å²) in [6.07, 6.45) is 4.81. The van der Waals surface area contributed by atoms with Gasteiger partial charge in [0.1, 0.15) is 0 Å². The molecule has 0 aliphatic carbocycles. The van der Waals surface area contributed by atoms with Crippen molar-refractivity contribution >= 4 is 17.7 Å². The summed E-state index contributed by atoms with van der Waals surface area (Å²) in [6, 6.07) is 0.926. The molecule has 14 heavy (non-hydrogen) atoms. The number of hydrogen-bond donors (Lipinski definition) is 2. The minimum atomic E-state index is 0.207. The summed E-state index contributed by atoms with van der Waals surface area (Å²) in [4.78, 5) is 11.4. The predicted molar refractivity (Wildman–Crippen MR) is 61.6 cm³/mol. The van der Waals surface area contributed by atoms with Crippen molar-refractivity contribution in [2.45, 2.75) is 38.3 Å². The standard InChI is InChI=1S/C10H20N2OS/c1-8-7-9(3-5-11-8)12-10(13)4-6-14-2/h8-9,11H,3-7H2,1-2H3,(H,12,13). The summed E-state index contributed by atoms with van der Waals surface area (Å²) in [5.41, 5.74) is 0. The van der Waals surface area contributed by atoms with Crippen LogP contribution in [-0.2, 0) is 4.79 Å². The molecule has 0 spiro atoms. The maximum absolute atomic E-state index is 11.4. The first-order valence-corrected chi connectivity index (χ1v) is 6.63. The molecular formula is C10H20N2OS. The molecule has 2 atom stereocenters. The summed E-state index contributed by atoms with van der Waals surface area (Å²) >= 11 is 1.72. The van der Waals surface area contributed by atoms with Crippen LogP contribution in [0.15, 0.2) is 0 Å². The lowest BCUT2D eigenvalue weighted by Crippen LogP contribution is -2.46. The first-order chi connectivity index (χ1) is 6.72. The van der Waals surface area contributed by atoms with Crippen LogP contribution in [0.5, 0.6) is 0 Å². The fraction of sp³-hybridized carbons (Fsp3) is 0.900. The van der Waals surface area contributed by atoms with E-state index in [2.05, 4.69) is 17.6 Å². The van der Waals surface area contributed by atoms with Crippen molar-refractivity contribution < 1.29 is 4.79 Å². The minimum absolute atomic E-state index is 0.207. The van der Waals surface area contributed by atoms with E-state index in [0.29, 0.717) is 18.5 Å². The minimum Gasteiger partial charge on any atom is -0.353 e. The second-order valence-corrected chi connectivity index (χ2v) is 4.87. The molecule has 1 amide bonds. The highest BCUT2D eigenvalue weighted by molar-refractivity contribution is 7.98. The summed E-state index contributed by atoms with van der Waals surface area (Å²) < 4.78 is 0. The Hall–Kier alpha value is -0.220. The van der Waals surface area contributed by atoms with Gasteiger partial charge in [0, 0.05) is 24.3 Å². The number of carbonyl (C=O) groups is 1. The highest BCUT2D eigenvalue weighted by Gasteiger charge is 2.19. The topological polar surface area (TPSA) is 41.1 Å². The van der Waals surface area contributed by atoms with Crippen molar-refractivity contribution in [3.05, 3.63) is 0 Å². The maximum Gasteiger partial charge on any atom is 0.221 e. The highest BCUT2D eigenvalue weighted by atomic mass is 32.2. The lowest BCUT2D eigenvalue weighted by molar-refractivity contribution is -0.121. The summed E-state index contributed by atoms with van der Waals surface area (Å²) in [5.74, 6) is 1.13.